The van der Waals surface area contributed by atoms with Crippen molar-refractivity contribution in [3.8, 4) is 0 Å². The minimum atomic E-state index is -6.86. The van der Waals surface area contributed by atoms with Crippen LogP contribution in [0.1, 0.15) is 0 Å². The molecule has 0 radical (unpaired) electrons. The van der Waals surface area contributed by atoms with Gasteiger partial charge in [0.05, 0.1) is 16.3 Å². The van der Waals surface area contributed by atoms with Crippen LogP contribution in [0.4, 0.5) is 0 Å². The Morgan fingerprint density at radius 2 is 1.32 bits per heavy atom. The molecule has 1 unspecified atom stereocenters. The Morgan fingerprint density at radius 1 is 0.786 bits per heavy atom. The molecule has 0 amide bonds. The molecule has 16 heteroatoms. The molecule has 28 heavy (non-hydrogen) atoms. The van der Waals surface area contributed by atoms with Crippen molar-refractivity contribution in [1.29, 1.82) is 0 Å². The van der Waals surface area contributed by atoms with E-state index in [0.29, 0.717) is 0 Å². The zero-order valence-corrected chi connectivity index (χ0v) is 16.1. The standard InChI is InChI=1S/C12H21IO15/c14-1-4-6(17)8(19)10(21)12(26-4,28-13(22,23)24)27-11(3-16)9(20)7(18)5(2-15)25-11/h4-10,14-21H,1-3H2/t4-,5-,6-,7-,8+,9+,10-,11?,12-/m1/s1. The van der Waals surface area contributed by atoms with Gasteiger partial charge in [0.2, 0.25) is 5.79 Å². The average molecular weight is 532 g/mol. The monoisotopic (exact) mass is 532 g/mol. The lowest BCUT2D eigenvalue weighted by Crippen LogP contribution is -4.24. The highest BCUT2D eigenvalue weighted by Crippen LogP contribution is 2.40. The minimum absolute atomic E-state index is 0.896. The van der Waals surface area contributed by atoms with Gasteiger partial charge < -0.3 is 50.3 Å². The summed E-state index contributed by atoms with van der Waals surface area (Å²) in [5.41, 5.74) is 0. The lowest BCUT2D eigenvalue weighted by Gasteiger charge is -2.46. The van der Waals surface area contributed by atoms with E-state index in [1.54, 1.807) is 0 Å². The molecule has 2 heterocycles. The summed E-state index contributed by atoms with van der Waals surface area (Å²) in [5.74, 6) is -6.29. The second-order valence-corrected chi connectivity index (χ2v) is 8.77. The number of aliphatic hydroxyl groups excluding tert-OH is 8. The fourth-order valence-electron chi connectivity index (χ4n) is 2.90. The molecule has 15 nitrogen and oxygen atoms in total. The fraction of sp³-hybridized carbons (Fsp3) is 1.00. The largest absolute Gasteiger partial charge is 0.440 e. The van der Waals surface area contributed by atoms with Gasteiger partial charge in [-0.3, -0.25) is 15.0 Å². The van der Waals surface area contributed by atoms with Crippen molar-refractivity contribution in [3.63, 3.8) is 0 Å². The molecular weight excluding hydrogens is 511 g/mol. The Bertz CT molecular complexity index is 530. The molecule has 2 aliphatic rings. The van der Waals surface area contributed by atoms with E-state index in [4.69, 9.17) is 19.3 Å². The van der Waals surface area contributed by atoms with Gasteiger partial charge in [0.25, 0.3) is 0 Å². The smallest absolute Gasteiger partial charge is 0.394 e. The number of hydrogen-bond acceptors (Lipinski definition) is 15. The molecule has 0 aliphatic carbocycles. The van der Waals surface area contributed by atoms with Crippen molar-refractivity contribution in [2.24, 2.45) is 0 Å². The molecule has 2 saturated heterocycles. The molecule has 2 rings (SSSR count). The van der Waals surface area contributed by atoms with Crippen LogP contribution in [-0.4, -0.2) is 115 Å². The Balaban J connectivity index is 2.48. The Hall–Kier alpha value is 0.130. The van der Waals surface area contributed by atoms with Crippen molar-refractivity contribution in [3.05, 3.63) is 0 Å². The van der Waals surface area contributed by atoms with Crippen molar-refractivity contribution < 1.29 is 88.5 Å². The van der Waals surface area contributed by atoms with Gasteiger partial charge in [-0.1, -0.05) is 0 Å². The maximum Gasteiger partial charge on any atom is 0.440 e. The first-order valence-electron chi connectivity index (χ1n) is 7.76. The van der Waals surface area contributed by atoms with Gasteiger partial charge >= 0.3 is 26.1 Å². The second-order valence-electron chi connectivity index (χ2n) is 6.17. The van der Waals surface area contributed by atoms with Crippen molar-refractivity contribution >= 4 is 0 Å². The fourth-order valence-corrected chi connectivity index (χ4v) is 4.11. The van der Waals surface area contributed by atoms with Crippen LogP contribution in [0.15, 0.2) is 0 Å². The highest BCUT2D eigenvalue weighted by atomic mass is 127. The van der Waals surface area contributed by atoms with Crippen LogP contribution in [0.3, 0.4) is 0 Å². The molecular formula is C12H21IO15. The summed E-state index contributed by atoms with van der Waals surface area (Å²) in [7, 11) is 0. The lowest BCUT2D eigenvalue weighted by atomic mass is 9.97. The van der Waals surface area contributed by atoms with Gasteiger partial charge in [-0.15, -0.1) is 0 Å². The topological polar surface area (TPSA) is 268 Å². The Kier molecular flexibility index (Phi) is 7.59. The molecule has 0 aromatic heterocycles. The van der Waals surface area contributed by atoms with Crippen LogP contribution in [0.25, 0.3) is 0 Å². The van der Waals surface area contributed by atoms with Crippen LogP contribution < -0.4 is 30.4 Å². The van der Waals surface area contributed by atoms with Crippen molar-refractivity contribution in [1.82, 2.24) is 0 Å². The molecule has 2 aliphatic heterocycles. The van der Waals surface area contributed by atoms with E-state index in [1.165, 1.54) is 0 Å². The number of hydrogen-bond donors (Lipinski definition) is 8. The third-order valence-corrected chi connectivity index (χ3v) is 5.49. The van der Waals surface area contributed by atoms with Gasteiger partial charge in [-0.05, 0) is 0 Å². The third kappa shape index (κ3) is 4.42. The molecule has 0 aromatic rings. The highest BCUT2D eigenvalue weighted by molar-refractivity contribution is 5.00. The van der Waals surface area contributed by atoms with Crippen LogP contribution in [0, 0.1) is 0 Å². The Morgan fingerprint density at radius 3 is 1.75 bits per heavy atom. The normalized spacial score (nSPS) is 47.5. The van der Waals surface area contributed by atoms with Crippen LogP contribution in [0.2, 0.25) is 0 Å². The molecule has 166 valence electrons. The molecule has 0 spiro atoms. The predicted octanol–water partition coefficient (Wildman–Crippen LogP) is -12.2. The van der Waals surface area contributed by atoms with E-state index in [-0.39, 0.29) is 0 Å². The summed E-state index contributed by atoms with van der Waals surface area (Å²) >= 11 is -6.86. The number of ether oxygens (including phenoxy) is 3. The van der Waals surface area contributed by atoms with Crippen LogP contribution in [-0.2, 0) is 17.3 Å². The van der Waals surface area contributed by atoms with Gasteiger partial charge in [0.1, 0.15) is 43.2 Å². The van der Waals surface area contributed by atoms with Crippen molar-refractivity contribution in [2.45, 2.75) is 54.5 Å². The molecule has 9 atom stereocenters. The SMILES string of the molecule is [O-][I+3]([O-])([O-])O[C@@]1(OC2(CO)O[C@H](CO)[C@@H](O)[C@@H]2O)O[C@H](CO)[C@@H](O)[C@H](O)[C@H]1O. The maximum atomic E-state index is 11.3. The lowest BCUT2D eigenvalue weighted by molar-refractivity contribution is -1.92. The number of aliphatic hydroxyl groups is 8. The van der Waals surface area contributed by atoms with Gasteiger partial charge in [0, 0.05) is 0 Å². The quantitative estimate of drug-likeness (QED) is 0.112. The first-order valence-corrected chi connectivity index (χ1v) is 11.3. The van der Waals surface area contributed by atoms with E-state index < -0.39 is 94.4 Å². The molecule has 0 aromatic carbocycles. The van der Waals surface area contributed by atoms with E-state index in [2.05, 4.69) is 3.07 Å². The number of halogens is 1. The van der Waals surface area contributed by atoms with Crippen LogP contribution in [0.5, 0.6) is 0 Å². The summed E-state index contributed by atoms with van der Waals surface area (Å²) in [6, 6.07) is 0. The highest BCUT2D eigenvalue weighted by Gasteiger charge is 2.70. The van der Waals surface area contributed by atoms with Gasteiger partial charge in [-0.2, -0.15) is 0 Å². The maximum absolute atomic E-state index is 11.3. The summed E-state index contributed by atoms with van der Waals surface area (Å²) in [4.78, 5) is 0. The first kappa shape index (κ1) is 24.4. The van der Waals surface area contributed by atoms with E-state index in [9.17, 15) is 46.1 Å². The molecule has 0 bridgehead atoms. The summed E-state index contributed by atoms with van der Waals surface area (Å²) in [5, 5.41) is 77.9. The summed E-state index contributed by atoms with van der Waals surface area (Å²) < 4.78 is 52.8. The van der Waals surface area contributed by atoms with E-state index in [0.717, 1.165) is 0 Å². The van der Waals surface area contributed by atoms with Crippen molar-refractivity contribution in [2.75, 3.05) is 19.8 Å². The molecule has 2 fully saturated rings. The summed E-state index contributed by atoms with van der Waals surface area (Å²) in [6.45, 7) is -3.32. The third-order valence-electron chi connectivity index (χ3n) is 4.34. The average Bonchev–Trinajstić information content (AvgIpc) is 2.86. The van der Waals surface area contributed by atoms with E-state index in [1.807, 2.05) is 0 Å². The Labute approximate surface area is 163 Å². The van der Waals surface area contributed by atoms with Gasteiger partial charge in [0.15, 0.2) is 6.10 Å². The van der Waals surface area contributed by atoms with Crippen LogP contribution >= 0.6 is 0 Å². The molecule has 0 saturated carbocycles. The zero-order valence-electron chi connectivity index (χ0n) is 14.0. The molecule has 8 N–H and O–H groups in total. The first-order chi connectivity index (χ1) is 12.9. The predicted molar refractivity (Wildman–Crippen MR) is 68.7 cm³/mol. The second kappa shape index (κ2) is 8.70. The minimum Gasteiger partial charge on any atom is -0.394 e. The van der Waals surface area contributed by atoms with E-state index >= 15 is 0 Å². The summed E-state index contributed by atoms with van der Waals surface area (Å²) in [6.07, 6.45) is -14.4. The zero-order chi connectivity index (χ0) is 21.5. The number of rotatable bonds is 7. The van der Waals surface area contributed by atoms with Gasteiger partial charge in [-0.25, -0.2) is 0 Å².